The molecule has 2 aliphatic heterocycles. The summed E-state index contributed by atoms with van der Waals surface area (Å²) in [6, 6.07) is 4.13. The van der Waals surface area contributed by atoms with E-state index < -0.39 is 0 Å². The van der Waals surface area contributed by atoms with E-state index in [1.165, 1.54) is 18.4 Å². The number of amides is 1. The van der Waals surface area contributed by atoms with Crippen LogP contribution in [0.5, 0.6) is 0 Å². The molecule has 2 saturated heterocycles. The Bertz CT molecular complexity index is 525. The normalized spacial score (nSPS) is 25.4. The molecule has 4 heteroatoms. The lowest BCUT2D eigenvalue weighted by Crippen LogP contribution is -2.41. The zero-order valence-electron chi connectivity index (χ0n) is 15.2. The van der Waals surface area contributed by atoms with E-state index in [-0.39, 0.29) is 5.92 Å². The maximum atomic E-state index is 13.1. The molecular formula is C20H31N3O. The van der Waals surface area contributed by atoms with Crippen LogP contribution in [0.1, 0.15) is 51.0 Å². The molecule has 0 aromatic carbocycles. The molecule has 2 fully saturated rings. The number of aromatic nitrogens is 1. The molecule has 0 radical (unpaired) electrons. The topological polar surface area (TPSA) is 36.4 Å². The Morgan fingerprint density at radius 3 is 2.71 bits per heavy atom. The van der Waals surface area contributed by atoms with E-state index >= 15 is 0 Å². The van der Waals surface area contributed by atoms with Crippen LogP contribution in [-0.4, -0.2) is 53.4 Å². The molecular weight excluding hydrogens is 298 g/mol. The molecule has 1 aromatic rings. The van der Waals surface area contributed by atoms with Crippen LogP contribution in [0.25, 0.3) is 0 Å². The average Bonchev–Trinajstić information content (AvgIpc) is 3.05. The molecule has 1 amide bonds. The van der Waals surface area contributed by atoms with Crippen molar-refractivity contribution in [2.45, 2.75) is 45.4 Å². The highest BCUT2D eigenvalue weighted by atomic mass is 16.2. The Labute approximate surface area is 146 Å². The second kappa shape index (κ2) is 8.11. The Kier molecular flexibility index (Phi) is 5.88. The summed E-state index contributed by atoms with van der Waals surface area (Å²) in [5, 5.41) is 0. The van der Waals surface area contributed by atoms with Gasteiger partial charge in [0.25, 0.3) is 0 Å². The highest BCUT2D eigenvalue weighted by molar-refractivity contribution is 5.80. The second-order valence-corrected chi connectivity index (χ2v) is 7.83. The van der Waals surface area contributed by atoms with Crippen LogP contribution in [0.2, 0.25) is 0 Å². The first-order valence-electron chi connectivity index (χ1n) is 9.56. The third-order valence-electron chi connectivity index (χ3n) is 5.52. The van der Waals surface area contributed by atoms with Crippen LogP contribution in [0.4, 0.5) is 0 Å². The van der Waals surface area contributed by atoms with E-state index in [1.54, 1.807) is 0 Å². The van der Waals surface area contributed by atoms with E-state index in [2.05, 4.69) is 34.7 Å². The minimum Gasteiger partial charge on any atom is -0.342 e. The van der Waals surface area contributed by atoms with Gasteiger partial charge >= 0.3 is 0 Å². The van der Waals surface area contributed by atoms with E-state index in [9.17, 15) is 4.79 Å². The van der Waals surface area contributed by atoms with Crippen molar-refractivity contribution in [2.75, 3.05) is 32.7 Å². The molecule has 0 aliphatic carbocycles. The molecule has 4 nitrogen and oxygen atoms in total. The molecule has 0 N–H and O–H groups in total. The van der Waals surface area contributed by atoms with Crippen molar-refractivity contribution < 1.29 is 4.79 Å². The highest BCUT2D eigenvalue weighted by Gasteiger charge is 2.40. The van der Waals surface area contributed by atoms with Gasteiger partial charge < -0.3 is 9.80 Å². The number of hydrogen-bond acceptors (Lipinski definition) is 3. The van der Waals surface area contributed by atoms with Gasteiger partial charge in [-0.15, -0.1) is 0 Å². The van der Waals surface area contributed by atoms with Crippen LogP contribution < -0.4 is 0 Å². The van der Waals surface area contributed by atoms with Gasteiger partial charge in [-0.25, -0.2) is 0 Å². The smallest absolute Gasteiger partial charge is 0.227 e. The molecule has 3 heterocycles. The lowest BCUT2D eigenvalue weighted by atomic mass is 9.88. The summed E-state index contributed by atoms with van der Waals surface area (Å²) in [6.07, 6.45) is 8.55. The molecule has 132 valence electrons. The van der Waals surface area contributed by atoms with Crippen LogP contribution in [0, 0.1) is 11.8 Å². The van der Waals surface area contributed by atoms with Crippen LogP contribution in [0.15, 0.2) is 24.5 Å². The number of nitrogens with zero attached hydrogens (tertiary/aromatic N) is 3. The van der Waals surface area contributed by atoms with Gasteiger partial charge in [-0.1, -0.05) is 19.9 Å². The van der Waals surface area contributed by atoms with Crippen LogP contribution in [0.3, 0.4) is 0 Å². The fourth-order valence-electron chi connectivity index (χ4n) is 4.04. The maximum Gasteiger partial charge on any atom is 0.227 e. The number of piperidine rings is 1. The van der Waals surface area contributed by atoms with Gasteiger partial charge in [-0.2, -0.15) is 0 Å². The molecule has 0 spiro atoms. The van der Waals surface area contributed by atoms with Crippen molar-refractivity contribution in [1.29, 1.82) is 0 Å². The largest absolute Gasteiger partial charge is 0.342 e. The van der Waals surface area contributed by atoms with E-state index in [0.29, 0.717) is 17.7 Å². The van der Waals surface area contributed by atoms with Crippen molar-refractivity contribution in [3.63, 3.8) is 0 Å². The third-order valence-corrected chi connectivity index (χ3v) is 5.52. The van der Waals surface area contributed by atoms with E-state index in [0.717, 1.165) is 45.6 Å². The molecule has 2 aliphatic rings. The van der Waals surface area contributed by atoms with Gasteiger partial charge in [0, 0.05) is 44.5 Å². The number of likely N-dealkylation sites (tertiary alicyclic amines) is 2. The number of carbonyl (C=O) groups is 1. The minimum atomic E-state index is 0.0967. The van der Waals surface area contributed by atoms with Gasteiger partial charge in [0.15, 0.2) is 0 Å². The predicted octanol–water partition coefficient (Wildman–Crippen LogP) is 3.16. The Hall–Kier alpha value is -1.42. The summed E-state index contributed by atoms with van der Waals surface area (Å²) in [7, 11) is 0. The molecule has 1 aromatic heterocycles. The van der Waals surface area contributed by atoms with Crippen molar-refractivity contribution >= 4 is 5.91 Å². The summed E-state index contributed by atoms with van der Waals surface area (Å²) in [5.74, 6) is 1.47. The fraction of sp³-hybridized carbons (Fsp3) is 0.700. The first-order valence-corrected chi connectivity index (χ1v) is 9.56. The summed E-state index contributed by atoms with van der Waals surface area (Å²) in [6.45, 7) is 9.42. The number of hydrogen-bond donors (Lipinski definition) is 0. The summed E-state index contributed by atoms with van der Waals surface area (Å²) >= 11 is 0. The van der Waals surface area contributed by atoms with E-state index in [1.807, 2.05) is 18.5 Å². The van der Waals surface area contributed by atoms with Gasteiger partial charge in [-0.3, -0.25) is 9.78 Å². The zero-order chi connectivity index (χ0) is 16.9. The average molecular weight is 329 g/mol. The van der Waals surface area contributed by atoms with Crippen molar-refractivity contribution in [1.82, 2.24) is 14.8 Å². The molecule has 0 unspecified atom stereocenters. The van der Waals surface area contributed by atoms with Gasteiger partial charge in [0.1, 0.15) is 0 Å². The van der Waals surface area contributed by atoms with Crippen LogP contribution >= 0.6 is 0 Å². The number of pyridine rings is 1. The first-order chi connectivity index (χ1) is 11.6. The van der Waals surface area contributed by atoms with Crippen molar-refractivity contribution in [3.8, 4) is 0 Å². The Morgan fingerprint density at radius 1 is 1.25 bits per heavy atom. The maximum absolute atomic E-state index is 13.1. The Morgan fingerprint density at radius 2 is 2.04 bits per heavy atom. The predicted molar refractivity (Wildman–Crippen MR) is 96.8 cm³/mol. The summed E-state index contributed by atoms with van der Waals surface area (Å²) < 4.78 is 0. The third kappa shape index (κ3) is 4.15. The van der Waals surface area contributed by atoms with Crippen LogP contribution in [-0.2, 0) is 4.79 Å². The highest BCUT2D eigenvalue weighted by Crippen LogP contribution is 2.34. The Balaban J connectivity index is 1.73. The summed E-state index contributed by atoms with van der Waals surface area (Å²) in [4.78, 5) is 22.0. The molecule has 0 bridgehead atoms. The minimum absolute atomic E-state index is 0.0967. The SMILES string of the molecule is CC(C)CCN1C[C@@H](C(=O)N2CCCCC2)[C@H](c2cccnc2)C1. The molecule has 3 rings (SSSR count). The quantitative estimate of drug-likeness (QED) is 0.832. The van der Waals surface area contributed by atoms with Gasteiger partial charge in [-0.05, 0) is 49.8 Å². The van der Waals surface area contributed by atoms with Gasteiger partial charge in [0.2, 0.25) is 5.91 Å². The zero-order valence-corrected chi connectivity index (χ0v) is 15.2. The fourth-order valence-corrected chi connectivity index (χ4v) is 4.04. The van der Waals surface area contributed by atoms with E-state index in [4.69, 9.17) is 0 Å². The number of carbonyl (C=O) groups excluding carboxylic acids is 1. The van der Waals surface area contributed by atoms with Crippen molar-refractivity contribution in [3.05, 3.63) is 30.1 Å². The first kappa shape index (κ1) is 17.4. The standard InChI is InChI=1S/C20H31N3O/c1-16(2)8-12-22-14-18(17-7-6-9-21-13-17)19(15-22)20(24)23-10-4-3-5-11-23/h6-7,9,13,16,18-19H,3-5,8,10-12,14-15H2,1-2H3/t18-,19+/m0/s1. The lowest BCUT2D eigenvalue weighted by Gasteiger charge is -2.31. The molecule has 2 atom stereocenters. The summed E-state index contributed by atoms with van der Waals surface area (Å²) in [5.41, 5.74) is 1.22. The van der Waals surface area contributed by atoms with Gasteiger partial charge in [0.05, 0.1) is 5.92 Å². The molecule has 24 heavy (non-hydrogen) atoms. The monoisotopic (exact) mass is 329 g/mol. The number of rotatable bonds is 5. The lowest BCUT2D eigenvalue weighted by molar-refractivity contribution is -0.136. The second-order valence-electron chi connectivity index (χ2n) is 7.83. The molecule has 0 saturated carbocycles. The van der Waals surface area contributed by atoms with Crippen molar-refractivity contribution in [2.24, 2.45) is 11.8 Å².